The Balaban J connectivity index is 1.28. The fourth-order valence-electron chi connectivity index (χ4n) is 4.49. The van der Waals surface area contributed by atoms with Crippen molar-refractivity contribution in [2.45, 2.75) is 52.0 Å². The maximum absolute atomic E-state index is 12.5. The first-order chi connectivity index (χ1) is 11.6. The Morgan fingerprint density at radius 1 is 0.917 bits per heavy atom. The van der Waals surface area contributed by atoms with Crippen LogP contribution < -0.4 is 0 Å². The average molecular weight is 326 g/mol. The zero-order chi connectivity index (χ0) is 16.6. The number of hydrogen-bond donors (Lipinski definition) is 0. The van der Waals surface area contributed by atoms with Crippen molar-refractivity contribution >= 4 is 5.91 Å². The van der Waals surface area contributed by atoms with E-state index < -0.39 is 0 Å². The minimum atomic E-state index is 0.00352. The third-order valence-electron chi connectivity index (χ3n) is 6.79. The predicted molar refractivity (Wildman–Crippen MR) is 96.5 cm³/mol. The number of carbonyl (C=O) groups is 1. The maximum Gasteiger partial charge on any atom is 0.228 e. The molecule has 4 rings (SSSR count). The molecule has 3 aliphatic rings. The first-order valence-corrected chi connectivity index (χ1v) is 9.64. The highest BCUT2D eigenvalue weighted by Crippen LogP contribution is 2.48. The van der Waals surface area contributed by atoms with Gasteiger partial charge in [-0.25, -0.2) is 0 Å². The third-order valence-corrected chi connectivity index (χ3v) is 6.79. The molecule has 1 aliphatic carbocycles. The van der Waals surface area contributed by atoms with E-state index in [0.717, 1.165) is 32.5 Å². The summed E-state index contributed by atoms with van der Waals surface area (Å²) in [6, 6.07) is 10.8. The summed E-state index contributed by atoms with van der Waals surface area (Å²) >= 11 is 0. The zero-order valence-corrected chi connectivity index (χ0v) is 15.0. The molecular weight excluding hydrogens is 296 g/mol. The Morgan fingerprint density at radius 3 is 2.08 bits per heavy atom. The van der Waals surface area contributed by atoms with Crippen molar-refractivity contribution in [3.05, 3.63) is 35.9 Å². The average Bonchev–Trinajstić information content (AvgIpc) is 3.37. The number of benzene rings is 1. The van der Waals surface area contributed by atoms with Crippen LogP contribution >= 0.6 is 0 Å². The standard InChI is InChI=1S/C21H30N2O/c1-20(7-8-20)19(24)23-15-11-21(12-16-23)9-13-22(14-10-21)17-18-5-3-2-4-6-18/h2-6H,7-17H2,1H3. The highest BCUT2D eigenvalue weighted by Gasteiger charge is 2.48. The number of nitrogens with zero attached hydrogens (tertiary/aromatic N) is 2. The molecule has 0 radical (unpaired) electrons. The van der Waals surface area contributed by atoms with Crippen LogP contribution in [0.5, 0.6) is 0 Å². The number of carbonyl (C=O) groups excluding carboxylic acids is 1. The van der Waals surface area contributed by atoms with Crippen LogP contribution in [0.25, 0.3) is 0 Å². The molecule has 0 N–H and O–H groups in total. The van der Waals surface area contributed by atoms with Gasteiger partial charge in [0.05, 0.1) is 0 Å². The lowest BCUT2D eigenvalue weighted by Gasteiger charge is -2.47. The van der Waals surface area contributed by atoms with Crippen LogP contribution in [-0.4, -0.2) is 41.9 Å². The van der Waals surface area contributed by atoms with Crippen molar-refractivity contribution in [3.63, 3.8) is 0 Å². The van der Waals surface area contributed by atoms with Crippen molar-refractivity contribution in [1.29, 1.82) is 0 Å². The number of likely N-dealkylation sites (tertiary alicyclic amines) is 2. The Labute approximate surface area is 146 Å². The van der Waals surface area contributed by atoms with Crippen molar-refractivity contribution in [3.8, 4) is 0 Å². The van der Waals surface area contributed by atoms with Gasteiger partial charge in [0.1, 0.15) is 0 Å². The molecule has 130 valence electrons. The summed E-state index contributed by atoms with van der Waals surface area (Å²) in [4.78, 5) is 17.3. The fourth-order valence-corrected chi connectivity index (χ4v) is 4.49. The van der Waals surface area contributed by atoms with Crippen molar-refractivity contribution in [1.82, 2.24) is 9.80 Å². The smallest absolute Gasteiger partial charge is 0.228 e. The van der Waals surface area contributed by atoms with E-state index in [9.17, 15) is 4.79 Å². The Hall–Kier alpha value is -1.35. The van der Waals surface area contributed by atoms with Gasteiger partial charge < -0.3 is 4.90 Å². The van der Waals surface area contributed by atoms with Gasteiger partial charge in [0.15, 0.2) is 0 Å². The van der Waals surface area contributed by atoms with Crippen LogP contribution in [0.1, 0.15) is 51.0 Å². The minimum absolute atomic E-state index is 0.00352. The van der Waals surface area contributed by atoms with E-state index in [-0.39, 0.29) is 5.41 Å². The zero-order valence-electron chi connectivity index (χ0n) is 15.0. The molecule has 0 bridgehead atoms. The Morgan fingerprint density at radius 2 is 1.50 bits per heavy atom. The topological polar surface area (TPSA) is 23.6 Å². The number of rotatable bonds is 3. The van der Waals surface area contributed by atoms with E-state index in [4.69, 9.17) is 0 Å². The largest absolute Gasteiger partial charge is 0.342 e. The Kier molecular flexibility index (Phi) is 4.16. The van der Waals surface area contributed by atoms with Gasteiger partial charge in [0.25, 0.3) is 0 Å². The van der Waals surface area contributed by atoms with E-state index >= 15 is 0 Å². The molecule has 1 aromatic carbocycles. The number of hydrogen-bond acceptors (Lipinski definition) is 2. The summed E-state index contributed by atoms with van der Waals surface area (Å²) in [5, 5.41) is 0. The molecule has 0 unspecified atom stereocenters. The van der Waals surface area contributed by atoms with Crippen LogP contribution in [0.3, 0.4) is 0 Å². The lowest BCUT2D eigenvalue weighted by atomic mass is 9.71. The highest BCUT2D eigenvalue weighted by molar-refractivity contribution is 5.85. The van der Waals surface area contributed by atoms with Crippen LogP contribution in [0.4, 0.5) is 0 Å². The molecule has 3 fully saturated rings. The van der Waals surface area contributed by atoms with Crippen molar-refractivity contribution in [2.75, 3.05) is 26.2 Å². The van der Waals surface area contributed by atoms with Gasteiger partial charge >= 0.3 is 0 Å². The van der Waals surface area contributed by atoms with Gasteiger partial charge in [-0.3, -0.25) is 9.69 Å². The molecular formula is C21H30N2O. The molecule has 1 saturated carbocycles. The highest BCUT2D eigenvalue weighted by atomic mass is 16.2. The summed E-state index contributed by atoms with van der Waals surface area (Å²) in [5.41, 5.74) is 1.93. The monoisotopic (exact) mass is 326 g/mol. The second-order valence-electron chi connectivity index (χ2n) is 8.61. The molecule has 2 aliphatic heterocycles. The second kappa shape index (κ2) is 6.18. The first kappa shape index (κ1) is 16.1. The van der Waals surface area contributed by atoms with Crippen LogP contribution in [0.15, 0.2) is 30.3 Å². The molecule has 1 aromatic rings. The summed E-state index contributed by atoms with van der Waals surface area (Å²) < 4.78 is 0. The molecule has 0 atom stereocenters. The molecule has 3 heteroatoms. The lowest BCUT2D eigenvalue weighted by molar-refractivity contribution is -0.139. The van der Waals surface area contributed by atoms with Crippen molar-refractivity contribution in [2.24, 2.45) is 10.8 Å². The number of piperidine rings is 2. The maximum atomic E-state index is 12.5. The summed E-state index contributed by atoms with van der Waals surface area (Å²) in [7, 11) is 0. The molecule has 2 heterocycles. The van der Waals surface area contributed by atoms with Crippen molar-refractivity contribution < 1.29 is 4.79 Å². The SMILES string of the molecule is CC1(C(=O)N2CCC3(CCN(Cc4ccccc4)CC3)CC2)CC1. The van der Waals surface area contributed by atoms with E-state index in [0.29, 0.717) is 11.3 Å². The van der Waals surface area contributed by atoms with Crippen LogP contribution in [-0.2, 0) is 11.3 Å². The summed E-state index contributed by atoms with van der Waals surface area (Å²) in [5.74, 6) is 0.430. The van der Waals surface area contributed by atoms with Gasteiger partial charge in [0.2, 0.25) is 5.91 Å². The predicted octanol–water partition coefficient (Wildman–Crippen LogP) is 3.69. The van der Waals surface area contributed by atoms with E-state index in [1.54, 1.807) is 0 Å². The molecule has 1 amide bonds. The summed E-state index contributed by atoms with van der Waals surface area (Å²) in [6.45, 7) is 7.63. The van der Waals surface area contributed by atoms with Gasteiger partial charge in [-0.1, -0.05) is 37.3 Å². The summed E-state index contributed by atoms with van der Waals surface area (Å²) in [6.07, 6.45) is 7.24. The molecule has 3 nitrogen and oxygen atoms in total. The van der Waals surface area contributed by atoms with Gasteiger partial charge in [-0.2, -0.15) is 0 Å². The first-order valence-electron chi connectivity index (χ1n) is 9.64. The van der Waals surface area contributed by atoms with E-state index in [2.05, 4.69) is 47.1 Å². The van der Waals surface area contributed by atoms with Gasteiger partial charge in [-0.15, -0.1) is 0 Å². The fraction of sp³-hybridized carbons (Fsp3) is 0.667. The van der Waals surface area contributed by atoms with Crippen LogP contribution in [0.2, 0.25) is 0 Å². The minimum Gasteiger partial charge on any atom is -0.342 e. The molecule has 1 spiro atoms. The molecule has 24 heavy (non-hydrogen) atoms. The van der Waals surface area contributed by atoms with Gasteiger partial charge in [0, 0.05) is 25.0 Å². The van der Waals surface area contributed by atoms with Crippen LogP contribution in [0, 0.1) is 10.8 Å². The number of amides is 1. The van der Waals surface area contributed by atoms with Gasteiger partial charge in [-0.05, 0) is 62.6 Å². The molecule has 2 saturated heterocycles. The third kappa shape index (κ3) is 3.23. The lowest BCUT2D eigenvalue weighted by Crippen LogP contribution is -2.49. The second-order valence-corrected chi connectivity index (χ2v) is 8.61. The Bertz CT molecular complexity index is 575. The quantitative estimate of drug-likeness (QED) is 0.846. The van der Waals surface area contributed by atoms with E-state index in [1.807, 2.05) is 0 Å². The van der Waals surface area contributed by atoms with E-state index in [1.165, 1.54) is 44.3 Å². The normalized spacial score (nSPS) is 25.6. The molecule has 0 aromatic heterocycles.